The van der Waals surface area contributed by atoms with Gasteiger partial charge in [0.25, 0.3) is 0 Å². The molecule has 0 atom stereocenters. The maximum Gasteiger partial charge on any atom is 0.139 e. The van der Waals surface area contributed by atoms with Crippen LogP contribution in [0.15, 0.2) is 28.9 Å². The van der Waals surface area contributed by atoms with Crippen LogP contribution in [0, 0.1) is 0 Å². The summed E-state index contributed by atoms with van der Waals surface area (Å²) < 4.78 is 5.93. The fraction of sp³-hybridized carbons (Fsp3) is 0.231. The summed E-state index contributed by atoms with van der Waals surface area (Å²) in [4.78, 5) is 8.66. The van der Waals surface area contributed by atoms with E-state index < -0.39 is 0 Å². The van der Waals surface area contributed by atoms with Crippen LogP contribution < -0.4 is 10.1 Å². The zero-order valence-corrected chi connectivity index (χ0v) is 12.9. The van der Waals surface area contributed by atoms with E-state index in [0.717, 1.165) is 28.4 Å². The molecule has 0 saturated heterocycles. The number of aromatic nitrogens is 2. The average molecular weight is 343 g/mol. The minimum Gasteiger partial charge on any atom is -0.495 e. The number of anilines is 2. The van der Waals surface area contributed by atoms with Crippen LogP contribution in [0.4, 0.5) is 11.5 Å². The third-order valence-electron chi connectivity index (χ3n) is 2.48. The van der Waals surface area contributed by atoms with Gasteiger partial charge in [-0.2, -0.15) is 0 Å². The molecule has 6 heteroatoms. The predicted octanol–water partition coefficient (Wildman–Crippen LogP) is 4.21. The van der Waals surface area contributed by atoms with Crippen molar-refractivity contribution in [3.05, 3.63) is 39.7 Å². The quantitative estimate of drug-likeness (QED) is 0.846. The predicted molar refractivity (Wildman–Crippen MR) is 80.4 cm³/mol. The number of methoxy groups -OCH3 is 1. The summed E-state index contributed by atoms with van der Waals surface area (Å²) in [6.45, 7) is 2.01. The van der Waals surface area contributed by atoms with Gasteiger partial charge in [-0.1, -0.05) is 18.5 Å². The number of aryl methyl sites for hydroxylation is 1. The highest BCUT2D eigenvalue weighted by atomic mass is 79.9. The SMILES string of the molecule is CCc1nc(Br)cc(Nc2ccc(Cl)c(OC)c2)n1. The first-order valence-electron chi connectivity index (χ1n) is 5.76. The summed E-state index contributed by atoms with van der Waals surface area (Å²) in [6.07, 6.45) is 0.776. The van der Waals surface area contributed by atoms with Crippen LogP contribution in [0.2, 0.25) is 5.02 Å². The van der Waals surface area contributed by atoms with E-state index in [4.69, 9.17) is 16.3 Å². The summed E-state index contributed by atoms with van der Waals surface area (Å²) in [5.74, 6) is 2.12. The monoisotopic (exact) mass is 341 g/mol. The van der Waals surface area contributed by atoms with Crippen LogP contribution in [-0.2, 0) is 6.42 Å². The summed E-state index contributed by atoms with van der Waals surface area (Å²) in [5.41, 5.74) is 0.855. The molecule has 0 saturated carbocycles. The Morgan fingerprint density at radius 3 is 2.79 bits per heavy atom. The number of benzene rings is 1. The van der Waals surface area contributed by atoms with Gasteiger partial charge in [0, 0.05) is 24.2 Å². The number of hydrogen-bond acceptors (Lipinski definition) is 4. The summed E-state index contributed by atoms with van der Waals surface area (Å²) in [6, 6.07) is 7.29. The highest BCUT2D eigenvalue weighted by molar-refractivity contribution is 9.10. The van der Waals surface area contributed by atoms with Gasteiger partial charge in [-0.05, 0) is 28.1 Å². The Labute approximate surface area is 125 Å². The average Bonchev–Trinajstić information content (AvgIpc) is 2.40. The van der Waals surface area contributed by atoms with Crippen molar-refractivity contribution >= 4 is 39.0 Å². The molecule has 1 aromatic heterocycles. The maximum atomic E-state index is 5.99. The number of hydrogen-bond donors (Lipinski definition) is 1. The number of halogens is 2. The third-order valence-corrected chi connectivity index (χ3v) is 3.20. The van der Waals surface area contributed by atoms with Crippen molar-refractivity contribution in [3.8, 4) is 5.75 Å². The Morgan fingerprint density at radius 1 is 1.32 bits per heavy atom. The highest BCUT2D eigenvalue weighted by Crippen LogP contribution is 2.29. The Balaban J connectivity index is 2.28. The number of nitrogens with one attached hydrogen (secondary N) is 1. The smallest absolute Gasteiger partial charge is 0.139 e. The van der Waals surface area contributed by atoms with Crippen LogP contribution in [0.1, 0.15) is 12.7 Å². The Kier molecular flexibility index (Phi) is 4.61. The fourth-order valence-electron chi connectivity index (χ4n) is 1.57. The molecule has 0 amide bonds. The van der Waals surface area contributed by atoms with Crippen molar-refractivity contribution in [2.45, 2.75) is 13.3 Å². The van der Waals surface area contributed by atoms with Gasteiger partial charge in [0.1, 0.15) is 22.0 Å². The molecule has 0 fully saturated rings. The lowest BCUT2D eigenvalue weighted by molar-refractivity contribution is 0.415. The fourth-order valence-corrected chi connectivity index (χ4v) is 2.19. The first-order chi connectivity index (χ1) is 9.12. The molecule has 0 bridgehead atoms. The molecular formula is C13H13BrClN3O. The van der Waals surface area contributed by atoms with Crippen LogP contribution in [-0.4, -0.2) is 17.1 Å². The van der Waals surface area contributed by atoms with Gasteiger partial charge in [0.2, 0.25) is 0 Å². The van der Waals surface area contributed by atoms with E-state index in [2.05, 4.69) is 31.2 Å². The molecular weight excluding hydrogens is 330 g/mol. The summed E-state index contributed by atoms with van der Waals surface area (Å²) in [5, 5.41) is 3.78. The molecule has 19 heavy (non-hydrogen) atoms. The third kappa shape index (κ3) is 3.58. The van der Waals surface area contributed by atoms with Gasteiger partial charge in [0.15, 0.2) is 0 Å². The molecule has 0 aliphatic heterocycles. The lowest BCUT2D eigenvalue weighted by Gasteiger charge is -2.09. The van der Waals surface area contributed by atoms with Gasteiger partial charge in [-0.15, -0.1) is 0 Å². The molecule has 0 radical (unpaired) electrons. The summed E-state index contributed by atoms with van der Waals surface area (Å²) >= 11 is 9.36. The van der Waals surface area contributed by atoms with Crippen molar-refractivity contribution in [2.24, 2.45) is 0 Å². The van der Waals surface area contributed by atoms with E-state index >= 15 is 0 Å². The molecule has 2 aromatic rings. The van der Waals surface area contributed by atoms with E-state index in [1.807, 2.05) is 25.1 Å². The lowest BCUT2D eigenvalue weighted by Crippen LogP contribution is -2.00. The minimum atomic E-state index is 0.575. The second-order valence-electron chi connectivity index (χ2n) is 3.82. The van der Waals surface area contributed by atoms with Crippen molar-refractivity contribution in [2.75, 3.05) is 12.4 Å². The van der Waals surface area contributed by atoms with E-state index in [1.165, 1.54) is 0 Å². The lowest BCUT2D eigenvalue weighted by atomic mass is 10.3. The molecule has 0 spiro atoms. The van der Waals surface area contributed by atoms with Crippen LogP contribution in [0.5, 0.6) is 5.75 Å². The molecule has 1 N–H and O–H groups in total. The van der Waals surface area contributed by atoms with Crippen LogP contribution in [0.3, 0.4) is 0 Å². The largest absolute Gasteiger partial charge is 0.495 e. The van der Waals surface area contributed by atoms with E-state index in [0.29, 0.717) is 10.8 Å². The van der Waals surface area contributed by atoms with Gasteiger partial charge in [0.05, 0.1) is 12.1 Å². The number of nitrogens with zero attached hydrogens (tertiary/aromatic N) is 2. The van der Waals surface area contributed by atoms with Crippen molar-refractivity contribution in [3.63, 3.8) is 0 Å². The standard InChI is InChI=1S/C13H13BrClN3O/c1-3-12-17-11(14)7-13(18-12)16-8-4-5-9(15)10(6-8)19-2/h4-7H,3H2,1-2H3,(H,16,17,18). The van der Waals surface area contributed by atoms with Crippen molar-refractivity contribution in [1.29, 1.82) is 0 Å². The molecule has 2 rings (SSSR count). The molecule has 0 unspecified atom stereocenters. The van der Waals surface area contributed by atoms with Crippen molar-refractivity contribution in [1.82, 2.24) is 9.97 Å². The first kappa shape index (κ1) is 14.1. The Hall–Kier alpha value is -1.33. The first-order valence-corrected chi connectivity index (χ1v) is 6.93. The van der Waals surface area contributed by atoms with E-state index in [9.17, 15) is 0 Å². The molecule has 0 aliphatic carbocycles. The highest BCUT2D eigenvalue weighted by Gasteiger charge is 2.05. The topological polar surface area (TPSA) is 47.0 Å². The number of rotatable bonds is 4. The zero-order chi connectivity index (χ0) is 13.8. The minimum absolute atomic E-state index is 0.575. The molecule has 0 aliphatic rings. The second-order valence-corrected chi connectivity index (χ2v) is 5.04. The summed E-state index contributed by atoms with van der Waals surface area (Å²) in [7, 11) is 1.58. The Morgan fingerprint density at radius 2 is 2.11 bits per heavy atom. The molecule has 1 aromatic carbocycles. The van der Waals surface area contributed by atoms with Gasteiger partial charge in [-0.25, -0.2) is 9.97 Å². The molecule has 1 heterocycles. The van der Waals surface area contributed by atoms with E-state index in [-0.39, 0.29) is 0 Å². The zero-order valence-electron chi connectivity index (χ0n) is 10.6. The van der Waals surface area contributed by atoms with E-state index in [1.54, 1.807) is 13.2 Å². The molecule has 100 valence electrons. The van der Waals surface area contributed by atoms with Crippen LogP contribution in [0.25, 0.3) is 0 Å². The molecule has 4 nitrogen and oxygen atoms in total. The van der Waals surface area contributed by atoms with Gasteiger partial charge < -0.3 is 10.1 Å². The maximum absolute atomic E-state index is 5.99. The Bertz CT molecular complexity index is 592. The second kappa shape index (κ2) is 6.21. The van der Waals surface area contributed by atoms with Gasteiger partial charge in [-0.3, -0.25) is 0 Å². The van der Waals surface area contributed by atoms with Gasteiger partial charge >= 0.3 is 0 Å². The van der Waals surface area contributed by atoms with Crippen LogP contribution >= 0.6 is 27.5 Å². The number of ether oxygens (including phenoxy) is 1. The van der Waals surface area contributed by atoms with Crippen molar-refractivity contribution < 1.29 is 4.74 Å². The normalized spacial score (nSPS) is 10.3.